The summed E-state index contributed by atoms with van der Waals surface area (Å²) in [5, 5.41) is 2.86. The molecule has 6 nitrogen and oxygen atoms in total. The van der Waals surface area contributed by atoms with E-state index in [1.165, 1.54) is 0 Å². The van der Waals surface area contributed by atoms with Crippen molar-refractivity contribution in [2.75, 3.05) is 13.7 Å². The molecule has 0 aliphatic carbocycles. The zero-order valence-electron chi connectivity index (χ0n) is 14.2. The van der Waals surface area contributed by atoms with Crippen LogP contribution in [0, 0.1) is 6.92 Å². The first-order valence-electron chi connectivity index (χ1n) is 7.96. The van der Waals surface area contributed by atoms with Gasteiger partial charge >= 0.3 is 0 Å². The molecule has 2 heterocycles. The lowest BCUT2D eigenvalue weighted by molar-refractivity contribution is 0.0953. The van der Waals surface area contributed by atoms with Crippen LogP contribution in [-0.2, 0) is 6.42 Å². The number of benzene rings is 1. The monoisotopic (exact) mass is 337 g/mol. The number of carbonyl (C=O) groups excluding carboxylic acids is 1. The van der Waals surface area contributed by atoms with Gasteiger partial charge in [0.2, 0.25) is 5.89 Å². The molecular weight excluding hydrogens is 318 g/mol. The molecule has 1 N–H and O–H groups in total. The van der Waals surface area contributed by atoms with Crippen molar-refractivity contribution >= 4 is 5.91 Å². The van der Waals surface area contributed by atoms with Gasteiger partial charge in [-0.1, -0.05) is 0 Å². The van der Waals surface area contributed by atoms with Crippen molar-refractivity contribution in [2.24, 2.45) is 0 Å². The van der Waals surface area contributed by atoms with Crippen LogP contribution >= 0.6 is 0 Å². The maximum atomic E-state index is 12.0. The van der Waals surface area contributed by atoms with Crippen molar-refractivity contribution in [3.05, 3.63) is 65.8 Å². The molecule has 3 rings (SSSR count). The highest BCUT2D eigenvalue weighted by Crippen LogP contribution is 2.24. The van der Waals surface area contributed by atoms with Gasteiger partial charge in [0.25, 0.3) is 5.91 Å². The first-order valence-corrected chi connectivity index (χ1v) is 7.96. The van der Waals surface area contributed by atoms with Gasteiger partial charge in [-0.3, -0.25) is 9.78 Å². The summed E-state index contributed by atoms with van der Waals surface area (Å²) in [7, 11) is 1.63. The lowest BCUT2D eigenvalue weighted by atomic mass is 10.2. The number of ether oxygens (including phenoxy) is 1. The molecule has 0 saturated carbocycles. The van der Waals surface area contributed by atoms with E-state index in [4.69, 9.17) is 9.15 Å². The molecule has 3 aromatic rings. The second kappa shape index (κ2) is 7.61. The molecule has 1 amide bonds. The van der Waals surface area contributed by atoms with Gasteiger partial charge in [-0.15, -0.1) is 0 Å². The summed E-state index contributed by atoms with van der Waals surface area (Å²) < 4.78 is 10.9. The number of carbonyl (C=O) groups is 1. The third-order valence-corrected chi connectivity index (χ3v) is 3.80. The van der Waals surface area contributed by atoms with Gasteiger partial charge in [-0.05, 0) is 43.3 Å². The van der Waals surface area contributed by atoms with Crippen LogP contribution < -0.4 is 10.1 Å². The average molecular weight is 337 g/mol. The maximum Gasteiger partial charge on any atom is 0.252 e. The molecule has 0 saturated heterocycles. The minimum Gasteiger partial charge on any atom is -0.497 e. The van der Waals surface area contributed by atoms with Crippen LogP contribution in [0.3, 0.4) is 0 Å². The van der Waals surface area contributed by atoms with E-state index in [9.17, 15) is 4.79 Å². The smallest absolute Gasteiger partial charge is 0.252 e. The Morgan fingerprint density at radius 1 is 1.24 bits per heavy atom. The molecule has 6 heteroatoms. The Morgan fingerprint density at radius 3 is 2.72 bits per heavy atom. The molecule has 128 valence electrons. The zero-order chi connectivity index (χ0) is 17.6. The van der Waals surface area contributed by atoms with Crippen LogP contribution in [0.4, 0.5) is 0 Å². The molecular formula is C19H19N3O3. The number of aromatic nitrogens is 2. The van der Waals surface area contributed by atoms with Crippen molar-refractivity contribution in [3.63, 3.8) is 0 Å². The van der Waals surface area contributed by atoms with E-state index in [0.717, 1.165) is 22.8 Å². The third-order valence-electron chi connectivity index (χ3n) is 3.80. The van der Waals surface area contributed by atoms with Gasteiger partial charge in [0.15, 0.2) is 0 Å². The Hall–Kier alpha value is -3.15. The van der Waals surface area contributed by atoms with E-state index in [-0.39, 0.29) is 5.91 Å². The van der Waals surface area contributed by atoms with Gasteiger partial charge in [-0.25, -0.2) is 4.98 Å². The van der Waals surface area contributed by atoms with Crippen LogP contribution in [0.5, 0.6) is 5.75 Å². The zero-order valence-corrected chi connectivity index (χ0v) is 14.2. The van der Waals surface area contributed by atoms with Crippen molar-refractivity contribution in [3.8, 4) is 17.2 Å². The topological polar surface area (TPSA) is 77.2 Å². The molecule has 0 aliphatic heterocycles. The highest BCUT2D eigenvalue weighted by molar-refractivity contribution is 5.93. The number of amides is 1. The Bertz CT molecular complexity index is 842. The summed E-state index contributed by atoms with van der Waals surface area (Å²) in [5.74, 6) is 1.95. The number of rotatable bonds is 6. The van der Waals surface area contributed by atoms with Crippen LogP contribution in [0.2, 0.25) is 0 Å². The van der Waals surface area contributed by atoms with Crippen LogP contribution in [0.15, 0.2) is 53.2 Å². The second-order valence-corrected chi connectivity index (χ2v) is 5.50. The van der Waals surface area contributed by atoms with Crippen LogP contribution in [-0.4, -0.2) is 29.5 Å². The predicted molar refractivity (Wildman–Crippen MR) is 93.5 cm³/mol. The van der Waals surface area contributed by atoms with Crippen molar-refractivity contribution in [2.45, 2.75) is 13.3 Å². The average Bonchev–Trinajstić information content (AvgIpc) is 3.03. The number of oxazole rings is 1. The van der Waals surface area contributed by atoms with Crippen molar-refractivity contribution in [1.29, 1.82) is 0 Å². The first kappa shape index (κ1) is 16.7. The van der Waals surface area contributed by atoms with Crippen LogP contribution in [0.25, 0.3) is 11.5 Å². The Labute approximate surface area is 145 Å². The Balaban J connectivity index is 1.61. The fourth-order valence-electron chi connectivity index (χ4n) is 2.41. The lowest BCUT2D eigenvalue weighted by Gasteiger charge is -2.03. The fraction of sp³-hybridized carbons (Fsp3) is 0.211. The molecule has 0 fully saturated rings. The highest BCUT2D eigenvalue weighted by Gasteiger charge is 2.12. The normalized spacial score (nSPS) is 10.5. The minimum absolute atomic E-state index is 0.148. The molecule has 0 aliphatic rings. The fourth-order valence-corrected chi connectivity index (χ4v) is 2.41. The van der Waals surface area contributed by atoms with Crippen molar-refractivity contribution in [1.82, 2.24) is 15.3 Å². The number of nitrogens with one attached hydrogen (secondary N) is 1. The minimum atomic E-state index is -0.148. The van der Waals surface area contributed by atoms with E-state index in [0.29, 0.717) is 24.4 Å². The molecule has 0 radical (unpaired) electrons. The SMILES string of the molecule is COc1ccc(-c2nc(CCNC(=O)c3cccnc3)c(C)o2)cc1. The summed E-state index contributed by atoms with van der Waals surface area (Å²) >= 11 is 0. The van der Waals surface area contributed by atoms with Gasteiger partial charge in [-0.2, -0.15) is 0 Å². The second-order valence-electron chi connectivity index (χ2n) is 5.50. The lowest BCUT2D eigenvalue weighted by Crippen LogP contribution is -2.25. The highest BCUT2D eigenvalue weighted by atomic mass is 16.5. The van der Waals surface area contributed by atoms with Crippen LogP contribution in [0.1, 0.15) is 21.8 Å². The van der Waals surface area contributed by atoms with Gasteiger partial charge in [0.1, 0.15) is 11.5 Å². The number of nitrogens with zero attached hydrogens (tertiary/aromatic N) is 2. The Kier molecular flexibility index (Phi) is 5.09. The quantitative estimate of drug-likeness (QED) is 0.748. The van der Waals surface area contributed by atoms with Gasteiger partial charge in [0.05, 0.1) is 18.4 Å². The summed E-state index contributed by atoms with van der Waals surface area (Å²) in [5.41, 5.74) is 2.25. The molecule has 0 spiro atoms. The Morgan fingerprint density at radius 2 is 2.04 bits per heavy atom. The summed E-state index contributed by atoms with van der Waals surface area (Å²) in [6.07, 6.45) is 3.77. The van der Waals surface area contributed by atoms with E-state index >= 15 is 0 Å². The molecule has 2 aromatic heterocycles. The third kappa shape index (κ3) is 4.03. The number of pyridine rings is 1. The van der Waals surface area contributed by atoms with Crippen molar-refractivity contribution < 1.29 is 13.9 Å². The predicted octanol–water partition coefficient (Wildman–Crippen LogP) is 3.03. The molecule has 25 heavy (non-hydrogen) atoms. The molecule has 1 aromatic carbocycles. The number of hydrogen-bond donors (Lipinski definition) is 1. The van der Waals surface area contributed by atoms with E-state index in [1.54, 1.807) is 31.6 Å². The van der Waals surface area contributed by atoms with Gasteiger partial charge in [0, 0.05) is 30.9 Å². The number of aryl methyl sites for hydroxylation is 1. The summed E-state index contributed by atoms with van der Waals surface area (Å²) in [6, 6.07) is 11.0. The molecule has 0 bridgehead atoms. The van der Waals surface area contributed by atoms with E-state index in [2.05, 4.69) is 15.3 Å². The summed E-state index contributed by atoms with van der Waals surface area (Å²) in [6.45, 7) is 2.35. The summed E-state index contributed by atoms with van der Waals surface area (Å²) in [4.78, 5) is 20.5. The van der Waals surface area contributed by atoms with Gasteiger partial charge < -0.3 is 14.5 Å². The number of hydrogen-bond acceptors (Lipinski definition) is 5. The largest absolute Gasteiger partial charge is 0.497 e. The standard InChI is InChI=1S/C19H19N3O3/c1-13-17(9-11-21-18(23)15-4-3-10-20-12-15)22-19(25-13)14-5-7-16(24-2)8-6-14/h3-8,10,12H,9,11H2,1-2H3,(H,21,23). The maximum absolute atomic E-state index is 12.0. The van der Waals surface area contributed by atoms with E-state index in [1.807, 2.05) is 31.2 Å². The number of methoxy groups -OCH3 is 1. The van der Waals surface area contributed by atoms with E-state index < -0.39 is 0 Å². The first-order chi connectivity index (χ1) is 12.2. The molecule has 0 unspecified atom stereocenters. The molecule has 0 atom stereocenters.